The number of hydrogen-bond donors (Lipinski definition) is 0. The van der Waals surface area contributed by atoms with Crippen molar-refractivity contribution in [2.75, 3.05) is 57.9 Å². The lowest BCUT2D eigenvalue weighted by atomic mass is 9.95. The Labute approximate surface area is 184 Å². The molecule has 2 fully saturated rings. The highest BCUT2D eigenvalue weighted by Gasteiger charge is 2.32. The van der Waals surface area contributed by atoms with Crippen LogP contribution in [0.25, 0.3) is 0 Å². The predicted octanol–water partition coefficient (Wildman–Crippen LogP) is 3.90. The smallest absolute Gasteiger partial charge is 0.409 e. The second-order valence-electron chi connectivity index (χ2n) is 9.41. The SMILES string of the molecule is CN(C(=O)OCC(CCN1CC(N2CCSCC2)C1)c1ccc(F)cc1)C(C)(C)C. The standard InChI is InChI=1S/C23H36FN3O2S/c1-23(2,3)25(4)22(28)29-17-19(18-5-7-20(24)8-6-18)9-10-26-15-21(16-26)27-11-13-30-14-12-27/h5-8,19,21H,9-17H2,1-4H3. The van der Waals surface area contributed by atoms with Gasteiger partial charge in [0.1, 0.15) is 12.4 Å². The zero-order valence-corrected chi connectivity index (χ0v) is 19.6. The fourth-order valence-electron chi connectivity index (χ4n) is 3.86. The van der Waals surface area contributed by atoms with Crippen molar-refractivity contribution in [2.24, 2.45) is 0 Å². The molecule has 2 heterocycles. The van der Waals surface area contributed by atoms with Crippen molar-refractivity contribution in [3.8, 4) is 0 Å². The van der Waals surface area contributed by atoms with E-state index in [0.717, 1.165) is 31.6 Å². The molecular formula is C23H36FN3O2S. The minimum absolute atomic E-state index is 0.0633. The minimum atomic E-state index is -0.318. The Morgan fingerprint density at radius 1 is 1.23 bits per heavy atom. The number of carbonyl (C=O) groups excluding carboxylic acids is 1. The van der Waals surface area contributed by atoms with Crippen molar-refractivity contribution < 1.29 is 13.9 Å². The summed E-state index contributed by atoms with van der Waals surface area (Å²) in [5.41, 5.74) is 0.731. The molecule has 1 aromatic carbocycles. The van der Waals surface area contributed by atoms with Crippen LogP contribution in [0.3, 0.4) is 0 Å². The molecular weight excluding hydrogens is 401 g/mol. The van der Waals surface area contributed by atoms with Gasteiger partial charge in [0.25, 0.3) is 0 Å². The first kappa shape index (κ1) is 23.4. The second kappa shape index (κ2) is 10.3. The summed E-state index contributed by atoms with van der Waals surface area (Å²) < 4.78 is 19.0. The average Bonchev–Trinajstić information content (AvgIpc) is 2.69. The van der Waals surface area contributed by atoms with Gasteiger partial charge in [0.05, 0.1) is 0 Å². The molecule has 30 heavy (non-hydrogen) atoms. The fourth-order valence-corrected chi connectivity index (χ4v) is 4.79. The van der Waals surface area contributed by atoms with E-state index in [-0.39, 0.29) is 23.4 Å². The molecule has 2 saturated heterocycles. The Balaban J connectivity index is 1.52. The number of nitrogens with zero attached hydrogens (tertiary/aromatic N) is 3. The molecule has 5 nitrogen and oxygen atoms in total. The van der Waals surface area contributed by atoms with E-state index in [0.29, 0.717) is 12.6 Å². The summed E-state index contributed by atoms with van der Waals surface area (Å²) in [6.45, 7) is 11.9. The topological polar surface area (TPSA) is 36.0 Å². The van der Waals surface area contributed by atoms with E-state index in [1.165, 1.54) is 36.7 Å². The van der Waals surface area contributed by atoms with Crippen LogP contribution < -0.4 is 0 Å². The summed E-state index contributed by atoms with van der Waals surface area (Å²) >= 11 is 2.05. The first-order chi connectivity index (χ1) is 14.2. The highest BCUT2D eigenvalue weighted by Crippen LogP contribution is 2.25. The van der Waals surface area contributed by atoms with Gasteiger partial charge in [-0.3, -0.25) is 4.90 Å². The van der Waals surface area contributed by atoms with E-state index >= 15 is 0 Å². The van der Waals surface area contributed by atoms with Crippen molar-refractivity contribution >= 4 is 17.9 Å². The van der Waals surface area contributed by atoms with Crippen LogP contribution in [0, 0.1) is 5.82 Å². The molecule has 3 rings (SSSR count). The van der Waals surface area contributed by atoms with Crippen molar-refractivity contribution in [2.45, 2.75) is 44.7 Å². The normalized spacial score (nSPS) is 19.9. The van der Waals surface area contributed by atoms with Gasteiger partial charge in [-0.25, -0.2) is 9.18 Å². The molecule has 1 unspecified atom stereocenters. The number of carbonyl (C=O) groups is 1. The fraction of sp³-hybridized carbons (Fsp3) is 0.696. The highest BCUT2D eigenvalue weighted by atomic mass is 32.2. The Hall–Kier alpha value is -1.31. The lowest BCUT2D eigenvalue weighted by Gasteiger charge is -2.47. The number of ether oxygens (including phenoxy) is 1. The Bertz CT molecular complexity index is 683. The first-order valence-electron chi connectivity index (χ1n) is 10.9. The van der Waals surface area contributed by atoms with E-state index in [9.17, 15) is 9.18 Å². The number of benzene rings is 1. The Morgan fingerprint density at radius 2 is 1.87 bits per heavy atom. The van der Waals surface area contributed by atoms with Gasteiger partial charge < -0.3 is 14.5 Å². The van der Waals surface area contributed by atoms with Gasteiger partial charge in [0.15, 0.2) is 0 Å². The number of rotatable bonds is 7. The molecule has 168 valence electrons. The third kappa shape index (κ3) is 6.34. The Morgan fingerprint density at radius 3 is 2.47 bits per heavy atom. The van der Waals surface area contributed by atoms with Crippen LogP contribution >= 0.6 is 11.8 Å². The van der Waals surface area contributed by atoms with Gasteiger partial charge in [0, 0.05) is 62.2 Å². The van der Waals surface area contributed by atoms with Crippen LogP contribution in [0.5, 0.6) is 0 Å². The Kier molecular flexibility index (Phi) is 8.04. The minimum Gasteiger partial charge on any atom is -0.449 e. The van der Waals surface area contributed by atoms with E-state index in [1.54, 1.807) is 11.9 Å². The molecule has 2 aliphatic heterocycles. The maximum atomic E-state index is 13.4. The molecule has 1 atom stereocenters. The number of amides is 1. The number of halogens is 1. The van der Waals surface area contributed by atoms with Crippen LogP contribution in [0.2, 0.25) is 0 Å². The molecule has 7 heteroatoms. The third-order valence-corrected chi connectivity index (χ3v) is 7.27. The van der Waals surface area contributed by atoms with Crippen LogP contribution in [-0.4, -0.2) is 90.3 Å². The van der Waals surface area contributed by atoms with Gasteiger partial charge in [-0.1, -0.05) is 12.1 Å². The van der Waals surface area contributed by atoms with Crippen LogP contribution in [-0.2, 0) is 4.74 Å². The number of likely N-dealkylation sites (tertiary alicyclic amines) is 1. The zero-order chi connectivity index (χ0) is 21.7. The lowest BCUT2D eigenvalue weighted by molar-refractivity contribution is 0.0346. The van der Waals surface area contributed by atoms with E-state index in [4.69, 9.17) is 4.74 Å². The summed E-state index contributed by atoms with van der Waals surface area (Å²) in [4.78, 5) is 19.1. The first-order valence-corrected chi connectivity index (χ1v) is 12.1. The second-order valence-corrected chi connectivity index (χ2v) is 10.6. The number of hydrogen-bond acceptors (Lipinski definition) is 5. The van der Waals surface area contributed by atoms with Crippen LogP contribution in [0.15, 0.2) is 24.3 Å². The van der Waals surface area contributed by atoms with Gasteiger partial charge in [-0.15, -0.1) is 0 Å². The van der Waals surface area contributed by atoms with E-state index < -0.39 is 0 Å². The molecule has 0 saturated carbocycles. The van der Waals surface area contributed by atoms with Gasteiger partial charge in [-0.2, -0.15) is 11.8 Å². The summed E-state index contributed by atoms with van der Waals surface area (Å²) in [5, 5.41) is 0. The molecule has 2 aliphatic rings. The van der Waals surface area contributed by atoms with Gasteiger partial charge in [-0.05, 0) is 51.4 Å². The molecule has 1 aromatic rings. The molecule has 0 aliphatic carbocycles. The summed E-state index contributed by atoms with van der Waals surface area (Å²) in [5.74, 6) is 2.32. The largest absolute Gasteiger partial charge is 0.449 e. The maximum absolute atomic E-state index is 13.4. The molecule has 0 spiro atoms. The molecule has 1 amide bonds. The van der Waals surface area contributed by atoms with Crippen molar-refractivity contribution in [1.29, 1.82) is 0 Å². The van der Waals surface area contributed by atoms with Crippen LogP contribution in [0.4, 0.5) is 9.18 Å². The zero-order valence-electron chi connectivity index (χ0n) is 18.8. The quantitative estimate of drug-likeness (QED) is 0.647. The predicted molar refractivity (Wildman–Crippen MR) is 122 cm³/mol. The van der Waals surface area contributed by atoms with Gasteiger partial charge >= 0.3 is 6.09 Å². The van der Waals surface area contributed by atoms with Crippen molar-refractivity contribution in [3.63, 3.8) is 0 Å². The monoisotopic (exact) mass is 437 g/mol. The summed E-state index contributed by atoms with van der Waals surface area (Å²) in [6, 6.07) is 7.28. The van der Waals surface area contributed by atoms with Crippen molar-refractivity contribution in [3.05, 3.63) is 35.6 Å². The summed E-state index contributed by atoms with van der Waals surface area (Å²) in [6.07, 6.45) is 0.572. The van der Waals surface area contributed by atoms with E-state index in [1.807, 2.05) is 44.7 Å². The van der Waals surface area contributed by atoms with Crippen molar-refractivity contribution in [1.82, 2.24) is 14.7 Å². The molecule has 0 radical (unpaired) electrons. The third-order valence-electron chi connectivity index (χ3n) is 6.32. The van der Waals surface area contributed by atoms with Crippen LogP contribution in [0.1, 0.15) is 38.7 Å². The average molecular weight is 438 g/mol. The maximum Gasteiger partial charge on any atom is 0.409 e. The van der Waals surface area contributed by atoms with E-state index in [2.05, 4.69) is 9.80 Å². The lowest BCUT2D eigenvalue weighted by Crippen LogP contribution is -2.60. The summed E-state index contributed by atoms with van der Waals surface area (Å²) in [7, 11) is 1.76. The molecule has 0 N–H and O–H groups in total. The molecule has 0 bridgehead atoms. The number of thioether (sulfide) groups is 1. The molecule has 0 aromatic heterocycles. The highest BCUT2D eigenvalue weighted by molar-refractivity contribution is 7.99. The van der Waals surface area contributed by atoms with Gasteiger partial charge in [0.2, 0.25) is 0 Å².